The maximum absolute atomic E-state index is 6.25. The Hall–Kier alpha value is -1.14. The van der Waals surface area contributed by atoms with Crippen LogP contribution in [-0.2, 0) is 17.9 Å². The van der Waals surface area contributed by atoms with Crippen LogP contribution in [0.5, 0.6) is 5.75 Å². The van der Waals surface area contributed by atoms with E-state index in [1.807, 2.05) is 31.3 Å². The Labute approximate surface area is 134 Å². The lowest BCUT2D eigenvalue weighted by Crippen LogP contribution is -2.19. The number of hydrogen-bond donors (Lipinski definition) is 1. The minimum atomic E-state index is 0.486. The lowest BCUT2D eigenvalue weighted by Gasteiger charge is -2.13. The maximum Gasteiger partial charge on any atom is 0.142 e. The highest BCUT2D eigenvalue weighted by Gasteiger charge is 2.09. The summed E-state index contributed by atoms with van der Waals surface area (Å²) in [6.45, 7) is 4.63. The fourth-order valence-electron chi connectivity index (χ4n) is 1.87. The summed E-state index contributed by atoms with van der Waals surface area (Å²) in [7, 11) is 1.69. The Balaban J connectivity index is 1.99. The molecule has 0 atom stereocenters. The third-order valence-corrected chi connectivity index (χ3v) is 4.06. The third kappa shape index (κ3) is 4.97. The molecule has 0 fully saturated rings. The Kier molecular flexibility index (Phi) is 6.45. The summed E-state index contributed by atoms with van der Waals surface area (Å²) >= 11 is 7.88. The molecule has 2 rings (SSSR count). The first-order chi connectivity index (χ1) is 10.2. The van der Waals surface area contributed by atoms with E-state index in [4.69, 9.17) is 21.1 Å². The van der Waals surface area contributed by atoms with Crippen molar-refractivity contribution >= 4 is 22.9 Å². The van der Waals surface area contributed by atoms with Crippen LogP contribution in [0, 0.1) is 6.92 Å². The van der Waals surface area contributed by atoms with E-state index in [0.717, 1.165) is 27.7 Å². The zero-order valence-corrected chi connectivity index (χ0v) is 13.8. The van der Waals surface area contributed by atoms with Crippen LogP contribution in [0.1, 0.15) is 15.4 Å². The Bertz CT molecular complexity index is 575. The van der Waals surface area contributed by atoms with Crippen molar-refractivity contribution in [3.63, 3.8) is 0 Å². The second-order valence-corrected chi connectivity index (χ2v) is 6.26. The first-order valence-electron chi connectivity index (χ1n) is 6.72. The van der Waals surface area contributed by atoms with Gasteiger partial charge >= 0.3 is 0 Å². The minimum Gasteiger partial charge on any atom is -0.486 e. The third-order valence-electron chi connectivity index (χ3n) is 2.87. The van der Waals surface area contributed by atoms with Crippen LogP contribution in [0.2, 0.25) is 5.02 Å². The van der Waals surface area contributed by atoms with Gasteiger partial charge in [-0.05, 0) is 13.0 Å². The SMILES string of the molecule is COCCNCc1cccc(Cl)c1OCc1cnc(C)s1. The molecule has 0 saturated carbocycles. The largest absolute Gasteiger partial charge is 0.486 e. The summed E-state index contributed by atoms with van der Waals surface area (Å²) in [5.74, 6) is 0.732. The number of benzene rings is 1. The summed E-state index contributed by atoms with van der Waals surface area (Å²) in [4.78, 5) is 5.31. The number of nitrogens with zero attached hydrogens (tertiary/aromatic N) is 1. The van der Waals surface area contributed by atoms with E-state index in [1.54, 1.807) is 18.4 Å². The van der Waals surface area contributed by atoms with Crippen LogP contribution in [0.15, 0.2) is 24.4 Å². The van der Waals surface area contributed by atoms with E-state index < -0.39 is 0 Å². The number of aryl methyl sites for hydroxylation is 1. The molecule has 0 amide bonds. The molecule has 1 heterocycles. The topological polar surface area (TPSA) is 43.4 Å². The Morgan fingerprint density at radius 1 is 1.38 bits per heavy atom. The molecular weight excluding hydrogens is 308 g/mol. The quantitative estimate of drug-likeness (QED) is 0.755. The van der Waals surface area contributed by atoms with Crippen LogP contribution in [0.25, 0.3) is 0 Å². The van der Waals surface area contributed by atoms with Gasteiger partial charge in [-0.1, -0.05) is 23.7 Å². The molecular formula is C15H19ClN2O2S. The van der Waals surface area contributed by atoms with Gasteiger partial charge in [-0.15, -0.1) is 11.3 Å². The van der Waals surface area contributed by atoms with Gasteiger partial charge in [0.05, 0.1) is 21.5 Å². The maximum atomic E-state index is 6.25. The molecule has 0 bridgehead atoms. The molecule has 0 spiro atoms. The van der Waals surface area contributed by atoms with Crippen molar-refractivity contribution in [2.24, 2.45) is 0 Å². The van der Waals surface area contributed by atoms with Crippen molar-refractivity contribution in [1.82, 2.24) is 10.3 Å². The van der Waals surface area contributed by atoms with Crippen LogP contribution >= 0.6 is 22.9 Å². The predicted octanol–water partition coefficient (Wildman–Crippen LogP) is 3.42. The second kappa shape index (κ2) is 8.34. The van der Waals surface area contributed by atoms with Crippen molar-refractivity contribution in [2.75, 3.05) is 20.3 Å². The molecule has 0 aliphatic carbocycles. The van der Waals surface area contributed by atoms with Gasteiger partial charge in [0.25, 0.3) is 0 Å². The monoisotopic (exact) mass is 326 g/mol. The van der Waals surface area contributed by atoms with E-state index in [1.165, 1.54) is 0 Å². The predicted molar refractivity (Wildman–Crippen MR) is 86.2 cm³/mol. The average molecular weight is 327 g/mol. The van der Waals surface area contributed by atoms with Gasteiger partial charge in [0.15, 0.2) is 0 Å². The summed E-state index contributed by atoms with van der Waals surface area (Å²) < 4.78 is 10.9. The van der Waals surface area contributed by atoms with Gasteiger partial charge in [0, 0.05) is 32.0 Å². The van der Waals surface area contributed by atoms with E-state index in [0.29, 0.717) is 24.8 Å². The van der Waals surface area contributed by atoms with Crippen molar-refractivity contribution in [3.05, 3.63) is 44.9 Å². The molecule has 0 radical (unpaired) electrons. The molecule has 2 aromatic rings. The van der Waals surface area contributed by atoms with E-state index >= 15 is 0 Å². The van der Waals surface area contributed by atoms with Gasteiger partial charge in [0.2, 0.25) is 0 Å². The molecule has 0 aliphatic heterocycles. The number of nitrogens with one attached hydrogen (secondary N) is 1. The van der Waals surface area contributed by atoms with Gasteiger partial charge in [-0.2, -0.15) is 0 Å². The molecule has 0 unspecified atom stereocenters. The van der Waals surface area contributed by atoms with Gasteiger partial charge in [0.1, 0.15) is 12.4 Å². The van der Waals surface area contributed by atoms with Gasteiger partial charge in [-0.25, -0.2) is 4.98 Å². The summed E-state index contributed by atoms with van der Waals surface area (Å²) in [5, 5.41) is 4.96. The fraction of sp³-hybridized carbons (Fsp3) is 0.400. The first-order valence-corrected chi connectivity index (χ1v) is 7.91. The lowest BCUT2D eigenvalue weighted by atomic mass is 10.2. The Morgan fingerprint density at radius 2 is 2.24 bits per heavy atom. The first kappa shape index (κ1) is 16.2. The molecule has 114 valence electrons. The molecule has 6 heteroatoms. The minimum absolute atomic E-state index is 0.486. The highest BCUT2D eigenvalue weighted by atomic mass is 35.5. The van der Waals surface area contributed by atoms with E-state index in [-0.39, 0.29) is 0 Å². The van der Waals surface area contributed by atoms with E-state index in [2.05, 4.69) is 10.3 Å². The van der Waals surface area contributed by atoms with Crippen molar-refractivity contribution in [3.8, 4) is 5.75 Å². The number of aromatic nitrogens is 1. The number of halogens is 1. The number of ether oxygens (including phenoxy) is 2. The number of thiazole rings is 1. The summed E-state index contributed by atoms with van der Waals surface area (Å²) in [5.41, 5.74) is 1.04. The number of hydrogen-bond acceptors (Lipinski definition) is 5. The standard InChI is InChI=1S/C15H19ClN2O2S/c1-11-18-9-13(21-11)10-20-15-12(4-3-5-14(15)16)8-17-6-7-19-2/h3-5,9,17H,6-8,10H2,1-2H3. The molecule has 4 nitrogen and oxygen atoms in total. The molecule has 0 saturated heterocycles. The van der Waals surface area contributed by atoms with Crippen LogP contribution in [0.3, 0.4) is 0 Å². The smallest absolute Gasteiger partial charge is 0.142 e. The summed E-state index contributed by atoms with van der Waals surface area (Å²) in [6.07, 6.45) is 1.84. The lowest BCUT2D eigenvalue weighted by molar-refractivity contribution is 0.199. The van der Waals surface area contributed by atoms with Crippen molar-refractivity contribution < 1.29 is 9.47 Å². The average Bonchev–Trinajstić information content (AvgIpc) is 2.88. The number of para-hydroxylation sites is 1. The highest BCUT2D eigenvalue weighted by molar-refractivity contribution is 7.11. The van der Waals surface area contributed by atoms with Crippen molar-refractivity contribution in [1.29, 1.82) is 0 Å². The van der Waals surface area contributed by atoms with Crippen LogP contribution in [-0.4, -0.2) is 25.2 Å². The van der Waals surface area contributed by atoms with Gasteiger partial charge < -0.3 is 14.8 Å². The van der Waals surface area contributed by atoms with Crippen LogP contribution < -0.4 is 10.1 Å². The van der Waals surface area contributed by atoms with Gasteiger partial charge in [-0.3, -0.25) is 0 Å². The zero-order valence-electron chi connectivity index (χ0n) is 12.2. The molecule has 1 N–H and O–H groups in total. The highest BCUT2D eigenvalue weighted by Crippen LogP contribution is 2.30. The zero-order chi connectivity index (χ0) is 15.1. The number of rotatable bonds is 8. The van der Waals surface area contributed by atoms with Crippen LogP contribution in [0.4, 0.5) is 0 Å². The molecule has 0 aliphatic rings. The second-order valence-electron chi connectivity index (χ2n) is 4.53. The van der Waals surface area contributed by atoms with E-state index in [9.17, 15) is 0 Å². The molecule has 1 aromatic carbocycles. The normalized spacial score (nSPS) is 10.8. The molecule has 1 aromatic heterocycles. The fourth-order valence-corrected chi connectivity index (χ4v) is 2.82. The number of methoxy groups -OCH3 is 1. The Morgan fingerprint density at radius 3 is 2.95 bits per heavy atom. The molecule has 21 heavy (non-hydrogen) atoms. The summed E-state index contributed by atoms with van der Waals surface area (Å²) in [6, 6.07) is 5.78. The van der Waals surface area contributed by atoms with Crippen molar-refractivity contribution in [2.45, 2.75) is 20.1 Å².